The van der Waals surface area contributed by atoms with Gasteiger partial charge in [0.25, 0.3) is 5.91 Å². The predicted octanol–water partition coefficient (Wildman–Crippen LogP) is 0.306. The Kier molecular flexibility index (Phi) is 3.81. The molecule has 0 fully saturated rings. The number of hydrogen-bond acceptors (Lipinski definition) is 5. The van der Waals surface area contributed by atoms with E-state index in [-0.39, 0.29) is 11.7 Å². The number of carbonyl (C=O) groups excluding carboxylic acids is 1. The van der Waals surface area contributed by atoms with Crippen molar-refractivity contribution in [2.24, 2.45) is 0 Å². The van der Waals surface area contributed by atoms with E-state index in [4.69, 9.17) is 0 Å². The molecule has 1 rings (SSSR count). The number of nitrogens with zero attached hydrogens (tertiary/aromatic N) is 1. The van der Waals surface area contributed by atoms with E-state index in [9.17, 15) is 13.2 Å². The van der Waals surface area contributed by atoms with E-state index in [2.05, 4.69) is 10.3 Å². The number of carbonyl (C=O) groups is 1. The zero-order valence-corrected chi connectivity index (χ0v) is 10.1. The fraction of sp³-hybridized carbons (Fsp3) is 0.500. The van der Waals surface area contributed by atoms with E-state index in [1.165, 1.54) is 11.3 Å². The number of nitrogens with one attached hydrogen (secondary N) is 1. The molecular weight excluding hydrogens is 236 g/mol. The van der Waals surface area contributed by atoms with Crippen LogP contribution in [0.25, 0.3) is 0 Å². The minimum absolute atomic E-state index is 0.0666. The van der Waals surface area contributed by atoms with Crippen LogP contribution in [0.3, 0.4) is 0 Å². The first-order valence-electron chi connectivity index (χ1n) is 4.25. The Morgan fingerprint density at radius 2 is 2.33 bits per heavy atom. The third kappa shape index (κ3) is 4.39. The van der Waals surface area contributed by atoms with Gasteiger partial charge in [-0.25, -0.2) is 13.4 Å². The minimum Gasteiger partial charge on any atom is -0.347 e. The first kappa shape index (κ1) is 12.1. The lowest BCUT2D eigenvalue weighted by molar-refractivity contribution is 0.0939. The van der Waals surface area contributed by atoms with Crippen molar-refractivity contribution in [2.75, 3.05) is 12.0 Å². The Hall–Kier alpha value is -0.950. The van der Waals surface area contributed by atoms with Gasteiger partial charge in [0.1, 0.15) is 15.5 Å². The first-order chi connectivity index (χ1) is 6.88. The third-order valence-corrected chi connectivity index (χ3v) is 3.29. The quantitative estimate of drug-likeness (QED) is 0.831. The van der Waals surface area contributed by atoms with Crippen molar-refractivity contribution < 1.29 is 13.2 Å². The fourth-order valence-corrected chi connectivity index (χ4v) is 2.64. The molecule has 5 nitrogen and oxygen atoms in total. The van der Waals surface area contributed by atoms with Gasteiger partial charge in [-0.1, -0.05) is 0 Å². The topological polar surface area (TPSA) is 76.1 Å². The Labute approximate surface area is 92.5 Å². The maximum absolute atomic E-state index is 11.4. The second-order valence-corrected chi connectivity index (χ2v) is 6.24. The summed E-state index contributed by atoms with van der Waals surface area (Å²) in [5, 5.41) is 4.18. The largest absolute Gasteiger partial charge is 0.347 e. The van der Waals surface area contributed by atoms with Gasteiger partial charge in [-0.2, -0.15) is 0 Å². The van der Waals surface area contributed by atoms with Crippen LogP contribution in [0.2, 0.25) is 0 Å². The summed E-state index contributed by atoms with van der Waals surface area (Å²) in [4.78, 5) is 15.3. The average Bonchev–Trinajstić information content (AvgIpc) is 2.50. The number of hydrogen-bond donors (Lipinski definition) is 1. The molecule has 0 saturated heterocycles. The van der Waals surface area contributed by atoms with Crippen molar-refractivity contribution in [1.29, 1.82) is 0 Å². The van der Waals surface area contributed by atoms with E-state index in [1.807, 2.05) is 0 Å². The Balaban J connectivity index is 2.53. The SMILES string of the molecule is CC(CS(C)(=O)=O)NC(=O)c1cscn1. The maximum atomic E-state index is 11.4. The molecule has 0 aliphatic carbocycles. The molecule has 1 N–H and O–H groups in total. The summed E-state index contributed by atoms with van der Waals surface area (Å²) >= 11 is 1.32. The zero-order valence-electron chi connectivity index (χ0n) is 8.43. The monoisotopic (exact) mass is 248 g/mol. The molecule has 0 aromatic carbocycles. The molecule has 1 unspecified atom stereocenters. The summed E-state index contributed by atoms with van der Waals surface area (Å²) in [5.74, 6) is -0.407. The second kappa shape index (κ2) is 4.71. The van der Waals surface area contributed by atoms with Gasteiger partial charge in [0.05, 0.1) is 11.3 Å². The summed E-state index contributed by atoms with van der Waals surface area (Å²) in [6, 6.07) is -0.408. The molecule has 0 saturated carbocycles. The van der Waals surface area contributed by atoms with Crippen molar-refractivity contribution in [3.05, 3.63) is 16.6 Å². The summed E-state index contributed by atoms with van der Waals surface area (Å²) in [5.41, 5.74) is 1.87. The smallest absolute Gasteiger partial charge is 0.270 e. The number of thiazole rings is 1. The van der Waals surface area contributed by atoms with Crippen molar-refractivity contribution in [1.82, 2.24) is 10.3 Å². The Morgan fingerprint density at radius 3 is 2.80 bits per heavy atom. The molecule has 84 valence electrons. The molecule has 7 heteroatoms. The van der Waals surface area contributed by atoms with Gasteiger partial charge < -0.3 is 5.32 Å². The lowest BCUT2D eigenvalue weighted by Crippen LogP contribution is -2.37. The number of amides is 1. The predicted molar refractivity (Wildman–Crippen MR) is 58.8 cm³/mol. The van der Waals surface area contributed by atoms with Crippen LogP contribution < -0.4 is 5.32 Å². The highest BCUT2D eigenvalue weighted by Gasteiger charge is 2.15. The summed E-state index contributed by atoms with van der Waals surface area (Å²) in [6.07, 6.45) is 1.14. The third-order valence-electron chi connectivity index (χ3n) is 1.60. The van der Waals surface area contributed by atoms with E-state index in [1.54, 1.807) is 17.8 Å². The van der Waals surface area contributed by atoms with Gasteiger partial charge in [0, 0.05) is 17.7 Å². The molecule has 1 heterocycles. The van der Waals surface area contributed by atoms with Gasteiger partial charge in [0.2, 0.25) is 0 Å². The van der Waals surface area contributed by atoms with Gasteiger partial charge >= 0.3 is 0 Å². The van der Waals surface area contributed by atoms with Crippen molar-refractivity contribution in [2.45, 2.75) is 13.0 Å². The summed E-state index contributed by atoms with van der Waals surface area (Å²) in [6.45, 7) is 1.64. The number of aromatic nitrogens is 1. The highest BCUT2D eigenvalue weighted by Crippen LogP contribution is 2.01. The van der Waals surface area contributed by atoms with Crippen molar-refractivity contribution in [3.63, 3.8) is 0 Å². The fourth-order valence-electron chi connectivity index (χ4n) is 1.12. The average molecular weight is 248 g/mol. The molecule has 0 spiro atoms. The van der Waals surface area contributed by atoms with Crippen LogP contribution in [0.5, 0.6) is 0 Å². The molecule has 15 heavy (non-hydrogen) atoms. The standard InChI is InChI=1S/C8H12N2O3S2/c1-6(4-15(2,12)13)10-8(11)7-3-14-5-9-7/h3,5-6H,4H2,1-2H3,(H,10,11). The lowest BCUT2D eigenvalue weighted by atomic mass is 10.3. The lowest BCUT2D eigenvalue weighted by Gasteiger charge is -2.11. The van der Waals surface area contributed by atoms with Crippen LogP contribution in [0.15, 0.2) is 10.9 Å². The van der Waals surface area contributed by atoms with Crippen LogP contribution in [0.1, 0.15) is 17.4 Å². The Morgan fingerprint density at radius 1 is 1.67 bits per heavy atom. The molecule has 1 aromatic rings. The molecule has 1 aromatic heterocycles. The zero-order chi connectivity index (χ0) is 11.5. The maximum Gasteiger partial charge on any atom is 0.270 e. The van der Waals surface area contributed by atoms with E-state index in [0.717, 1.165) is 6.26 Å². The van der Waals surface area contributed by atoms with Gasteiger partial charge in [-0.3, -0.25) is 4.79 Å². The molecule has 1 amide bonds. The molecule has 0 aliphatic heterocycles. The molecular formula is C8H12N2O3S2. The van der Waals surface area contributed by atoms with Gasteiger partial charge in [-0.15, -0.1) is 11.3 Å². The summed E-state index contributed by atoms with van der Waals surface area (Å²) in [7, 11) is -3.07. The van der Waals surface area contributed by atoms with Gasteiger partial charge in [0.15, 0.2) is 0 Å². The van der Waals surface area contributed by atoms with Crippen molar-refractivity contribution >= 4 is 27.1 Å². The van der Waals surface area contributed by atoms with Crippen LogP contribution in [-0.4, -0.2) is 37.4 Å². The summed E-state index contributed by atoms with van der Waals surface area (Å²) < 4.78 is 21.9. The first-order valence-corrected chi connectivity index (χ1v) is 7.25. The van der Waals surface area contributed by atoms with Crippen LogP contribution in [0.4, 0.5) is 0 Å². The molecule has 0 bridgehead atoms. The van der Waals surface area contributed by atoms with E-state index in [0.29, 0.717) is 5.69 Å². The molecule has 1 atom stereocenters. The highest BCUT2D eigenvalue weighted by molar-refractivity contribution is 7.90. The molecule has 0 radical (unpaired) electrons. The van der Waals surface area contributed by atoms with Crippen LogP contribution in [-0.2, 0) is 9.84 Å². The van der Waals surface area contributed by atoms with Crippen LogP contribution in [0, 0.1) is 0 Å². The number of rotatable bonds is 4. The Bertz CT molecular complexity index is 425. The minimum atomic E-state index is -3.07. The molecule has 0 aliphatic rings. The highest BCUT2D eigenvalue weighted by atomic mass is 32.2. The van der Waals surface area contributed by atoms with Gasteiger partial charge in [-0.05, 0) is 6.92 Å². The van der Waals surface area contributed by atoms with E-state index < -0.39 is 15.9 Å². The normalized spacial score (nSPS) is 13.5. The van der Waals surface area contributed by atoms with Crippen LogP contribution >= 0.6 is 11.3 Å². The van der Waals surface area contributed by atoms with E-state index >= 15 is 0 Å². The number of sulfone groups is 1. The van der Waals surface area contributed by atoms with Crippen molar-refractivity contribution in [3.8, 4) is 0 Å². The second-order valence-electron chi connectivity index (χ2n) is 3.34.